The highest BCUT2D eigenvalue weighted by Crippen LogP contribution is 2.15. The van der Waals surface area contributed by atoms with Gasteiger partial charge in [0.2, 0.25) is 5.88 Å². The van der Waals surface area contributed by atoms with Crippen molar-refractivity contribution in [3.63, 3.8) is 0 Å². The van der Waals surface area contributed by atoms with Gasteiger partial charge in [0.1, 0.15) is 18.0 Å². The minimum atomic E-state index is -1.33. The summed E-state index contributed by atoms with van der Waals surface area (Å²) in [6, 6.07) is 0.808. The fourth-order valence-corrected chi connectivity index (χ4v) is 0.837. The topological polar surface area (TPSA) is 79.7 Å². The Bertz CT molecular complexity index is 342. The zero-order chi connectivity index (χ0) is 10.6. The first-order chi connectivity index (χ1) is 6.65. The van der Waals surface area contributed by atoms with Crippen LogP contribution in [0.2, 0.25) is 0 Å². The van der Waals surface area contributed by atoms with Gasteiger partial charge in [0, 0.05) is 0 Å². The Morgan fingerprint density at radius 1 is 1.64 bits per heavy atom. The number of carboxylic acids is 1. The van der Waals surface area contributed by atoms with Crippen molar-refractivity contribution in [2.24, 2.45) is 0 Å². The van der Waals surface area contributed by atoms with Crippen LogP contribution in [0.4, 0.5) is 4.39 Å². The summed E-state index contributed by atoms with van der Waals surface area (Å²) >= 11 is 0. The average Bonchev–Trinajstić information content (AvgIpc) is 2.15. The molecule has 0 unspecified atom stereocenters. The van der Waals surface area contributed by atoms with Gasteiger partial charge >= 0.3 is 5.97 Å². The number of aromatic nitrogens is 1. The number of pyridine rings is 1. The lowest BCUT2D eigenvalue weighted by Crippen LogP contribution is -2.08. The van der Waals surface area contributed by atoms with E-state index < -0.39 is 11.8 Å². The number of hydrogen-bond acceptors (Lipinski definition) is 4. The van der Waals surface area contributed by atoms with Gasteiger partial charge in [-0.3, -0.25) is 0 Å². The quantitative estimate of drug-likeness (QED) is 0.731. The number of carboxylic acid groups (broad SMARTS) is 1. The molecule has 76 valence electrons. The Morgan fingerprint density at radius 2 is 2.36 bits per heavy atom. The normalized spacial score (nSPS) is 9.86. The maximum Gasteiger partial charge on any atom is 0.341 e. The van der Waals surface area contributed by atoms with Gasteiger partial charge < -0.3 is 14.9 Å². The van der Waals surface area contributed by atoms with Gasteiger partial charge in [0.05, 0.1) is 12.8 Å². The van der Waals surface area contributed by atoms with Crippen LogP contribution < -0.4 is 4.74 Å². The number of aliphatic hydroxyl groups is 1. The summed E-state index contributed by atoms with van der Waals surface area (Å²) in [7, 11) is 0. The lowest BCUT2D eigenvalue weighted by atomic mass is 10.3. The van der Waals surface area contributed by atoms with Crippen molar-refractivity contribution in [1.82, 2.24) is 4.98 Å². The molecule has 1 aromatic heterocycles. The summed E-state index contributed by atoms with van der Waals surface area (Å²) in [5.74, 6) is -2.28. The molecular weight excluding hydrogens is 193 g/mol. The lowest BCUT2D eigenvalue weighted by Gasteiger charge is -2.05. The van der Waals surface area contributed by atoms with Gasteiger partial charge in [0.15, 0.2) is 0 Å². The van der Waals surface area contributed by atoms with Gasteiger partial charge in [-0.15, -0.1) is 0 Å². The fourth-order valence-electron chi connectivity index (χ4n) is 0.837. The smallest absolute Gasteiger partial charge is 0.341 e. The molecule has 0 aromatic carbocycles. The fraction of sp³-hybridized carbons (Fsp3) is 0.250. The molecule has 14 heavy (non-hydrogen) atoms. The van der Waals surface area contributed by atoms with Crippen LogP contribution in [0.3, 0.4) is 0 Å². The molecule has 0 atom stereocenters. The van der Waals surface area contributed by atoms with E-state index in [1.54, 1.807) is 0 Å². The molecule has 0 bridgehead atoms. The molecule has 0 radical (unpaired) electrons. The number of rotatable bonds is 4. The molecule has 0 fully saturated rings. The number of hydrogen-bond donors (Lipinski definition) is 2. The number of halogens is 1. The Balaban J connectivity index is 2.96. The molecule has 6 heteroatoms. The summed E-state index contributed by atoms with van der Waals surface area (Å²) in [6.07, 6.45) is 0.846. The molecule has 5 nitrogen and oxygen atoms in total. The van der Waals surface area contributed by atoms with Gasteiger partial charge in [-0.05, 0) is 6.07 Å². The van der Waals surface area contributed by atoms with Gasteiger partial charge in [0.25, 0.3) is 0 Å². The van der Waals surface area contributed by atoms with Crippen LogP contribution >= 0.6 is 0 Å². The maximum absolute atomic E-state index is 12.6. The summed E-state index contributed by atoms with van der Waals surface area (Å²) in [4.78, 5) is 14.0. The van der Waals surface area contributed by atoms with Crippen molar-refractivity contribution in [3.05, 3.63) is 23.6 Å². The van der Waals surface area contributed by atoms with Crippen molar-refractivity contribution in [2.75, 3.05) is 13.2 Å². The van der Waals surface area contributed by atoms with E-state index in [9.17, 15) is 9.18 Å². The van der Waals surface area contributed by atoms with Crippen LogP contribution in [0.25, 0.3) is 0 Å². The third-order valence-electron chi connectivity index (χ3n) is 1.38. The number of aromatic carboxylic acids is 1. The molecular formula is C8H8FNO4. The first-order valence-electron chi connectivity index (χ1n) is 3.77. The molecule has 0 amide bonds. The average molecular weight is 201 g/mol. The van der Waals surface area contributed by atoms with E-state index in [2.05, 4.69) is 4.98 Å². The van der Waals surface area contributed by atoms with E-state index in [4.69, 9.17) is 14.9 Å². The predicted octanol–water partition coefficient (Wildman–Crippen LogP) is 0.290. The summed E-state index contributed by atoms with van der Waals surface area (Å²) in [5.41, 5.74) is -0.363. The van der Waals surface area contributed by atoms with E-state index >= 15 is 0 Å². The van der Waals surface area contributed by atoms with Crippen LogP contribution in [-0.2, 0) is 0 Å². The second-order valence-corrected chi connectivity index (χ2v) is 2.38. The molecule has 1 rings (SSSR count). The molecule has 0 saturated carbocycles. The Morgan fingerprint density at radius 3 is 2.93 bits per heavy atom. The second kappa shape index (κ2) is 4.52. The highest BCUT2D eigenvalue weighted by Gasteiger charge is 2.13. The predicted molar refractivity (Wildman–Crippen MR) is 43.7 cm³/mol. The molecule has 0 spiro atoms. The minimum absolute atomic E-state index is 0.0844. The van der Waals surface area contributed by atoms with Crippen molar-refractivity contribution in [2.45, 2.75) is 0 Å². The van der Waals surface area contributed by atoms with Crippen molar-refractivity contribution in [1.29, 1.82) is 0 Å². The van der Waals surface area contributed by atoms with Crippen molar-refractivity contribution < 1.29 is 24.1 Å². The summed E-state index contributed by atoms with van der Waals surface area (Å²) < 4.78 is 17.4. The van der Waals surface area contributed by atoms with Crippen LogP contribution in [0.15, 0.2) is 12.3 Å². The highest BCUT2D eigenvalue weighted by molar-refractivity contribution is 5.90. The Labute approximate surface area is 78.8 Å². The zero-order valence-electron chi connectivity index (χ0n) is 7.11. The molecule has 0 aliphatic rings. The third-order valence-corrected chi connectivity index (χ3v) is 1.38. The number of nitrogens with zero attached hydrogens (tertiary/aromatic N) is 1. The monoisotopic (exact) mass is 201 g/mol. The first kappa shape index (κ1) is 10.4. The van der Waals surface area contributed by atoms with E-state index in [-0.39, 0.29) is 24.7 Å². The molecule has 1 heterocycles. The van der Waals surface area contributed by atoms with Crippen molar-refractivity contribution in [3.8, 4) is 5.88 Å². The van der Waals surface area contributed by atoms with E-state index in [0.717, 1.165) is 12.3 Å². The standard InChI is InChI=1S/C8H8FNO4/c9-5-3-6(8(12)13)7(10-4-5)14-2-1-11/h3-4,11H,1-2H2,(H,12,13). The van der Waals surface area contributed by atoms with Gasteiger partial charge in [-0.25, -0.2) is 14.2 Å². The Hall–Kier alpha value is -1.69. The van der Waals surface area contributed by atoms with E-state index in [0.29, 0.717) is 0 Å². The van der Waals surface area contributed by atoms with Crippen LogP contribution in [0, 0.1) is 5.82 Å². The van der Waals surface area contributed by atoms with Gasteiger partial charge in [-0.1, -0.05) is 0 Å². The largest absolute Gasteiger partial charge is 0.477 e. The number of carbonyl (C=O) groups is 1. The summed E-state index contributed by atoms with van der Waals surface area (Å²) in [5, 5.41) is 17.1. The molecule has 0 saturated heterocycles. The van der Waals surface area contributed by atoms with Crippen LogP contribution in [0.5, 0.6) is 5.88 Å². The summed E-state index contributed by atoms with van der Waals surface area (Å²) in [6.45, 7) is -0.350. The van der Waals surface area contributed by atoms with Crippen LogP contribution in [-0.4, -0.2) is 34.4 Å². The molecule has 0 aliphatic heterocycles. The minimum Gasteiger partial charge on any atom is -0.477 e. The second-order valence-electron chi connectivity index (χ2n) is 2.38. The molecule has 0 aliphatic carbocycles. The van der Waals surface area contributed by atoms with Crippen LogP contribution in [0.1, 0.15) is 10.4 Å². The number of ether oxygens (including phenoxy) is 1. The third kappa shape index (κ3) is 2.40. The van der Waals surface area contributed by atoms with Crippen molar-refractivity contribution >= 4 is 5.97 Å². The van der Waals surface area contributed by atoms with E-state index in [1.165, 1.54) is 0 Å². The highest BCUT2D eigenvalue weighted by atomic mass is 19.1. The zero-order valence-corrected chi connectivity index (χ0v) is 7.11. The van der Waals surface area contributed by atoms with E-state index in [1.807, 2.05) is 0 Å². The molecule has 1 aromatic rings. The Kier molecular flexibility index (Phi) is 3.35. The molecule has 2 N–H and O–H groups in total. The maximum atomic E-state index is 12.6. The lowest BCUT2D eigenvalue weighted by molar-refractivity contribution is 0.0688. The van der Waals surface area contributed by atoms with Gasteiger partial charge in [-0.2, -0.15) is 0 Å². The first-order valence-corrected chi connectivity index (χ1v) is 3.77. The number of aliphatic hydroxyl groups excluding tert-OH is 1. The SMILES string of the molecule is O=C(O)c1cc(F)cnc1OCCO.